The Balaban J connectivity index is 0.00000280. The van der Waals surface area contributed by atoms with Gasteiger partial charge in [-0.05, 0) is 19.8 Å². The minimum Gasteiger partial charge on any atom is -0.357 e. The van der Waals surface area contributed by atoms with Crippen LogP contribution in [0.5, 0.6) is 0 Å². The summed E-state index contributed by atoms with van der Waals surface area (Å²) in [5.74, 6) is 4.44. The second kappa shape index (κ2) is 11.6. The van der Waals surface area contributed by atoms with E-state index in [1.807, 2.05) is 11.7 Å². The second-order valence-corrected chi connectivity index (χ2v) is 8.94. The van der Waals surface area contributed by atoms with Crippen molar-refractivity contribution in [2.45, 2.75) is 51.1 Å². The Bertz CT molecular complexity index is 609. The number of aliphatic imine (C=N–C) groups is 1. The first-order valence-corrected chi connectivity index (χ1v) is 11.5. The van der Waals surface area contributed by atoms with Crippen molar-refractivity contribution in [1.82, 2.24) is 29.9 Å². The van der Waals surface area contributed by atoms with Crippen molar-refractivity contribution < 1.29 is 0 Å². The Morgan fingerprint density at radius 2 is 2.00 bits per heavy atom. The maximum absolute atomic E-state index is 5.12. The summed E-state index contributed by atoms with van der Waals surface area (Å²) in [4.78, 5) is 14.4. The van der Waals surface area contributed by atoms with E-state index >= 15 is 0 Å². The van der Waals surface area contributed by atoms with Gasteiger partial charge in [0.25, 0.3) is 0 Å². The summed E-state index contributed by atoms with van der Waals surface area (Å²) >= 11 is 2.09. The zero-order valence-corrected chi connectivity index (χ0v) is 20.7. The highest BCUT2D eigenvalue weighted by Gasteiger charge is 2.38. The highest BCUT2D eigenvalue weighted by Crippen LogP contribution is 2.35. The number of hydrogen-bond donors (Lipinski definition) is 1. The molecule has 7 nitrogen and oxygen atoms in total. The Morgan fingerprint density at radius 1 is 1.29 bits per heavy atom. The van der Waals surface area contributed by atoms with E-state index in [9.17, 15) is 0 Å². The van der Waals surface area contributed by atoms with Gasteiger partial charge in [0.15, 0.2) is 5.96 Å². The minimum atomic E-state index is 0. The maximum Gasteiger partial charge on any atom is 0.194 e. The van der Waals surface area contributed by atoms with E-state index in [-0.39, 0.29) is 29.5 Å². The van der Waals surface area contributed by atoms with Gasteiger partial charge < -0.3 is 10.2 Å². The largest absolute Gasteiger partial charge is 0.357 e. The summed E-state index contributed by atoms with van der Waals surface area (Å²) in [6.45, 7) is 7.02. The third kappa shape index (κ3) is 5.98. The van der Waals surface area contributed by atoms with Crippen molar-refractivity contribution >= 4 is 41.7 Å². The van der Waals surface area contributed by atoms with E-state index in [4.69, 9.17) is 4.99 Å². The monoisotopic (exact) mass is 521 g/mol. The van der Waals surface area contributed by atoms with Crippen LogP contribution in [0.2, 0.25) is 0 Å². The van der Waals surface area contributed by atoms with Crippen LogP contribution in [0.25, 0.3) is 0 Å². The molecule has 0 amide bonds. The van der Waals surface area contributed by atoms with Crippen molar-refractivity contribution in [2.75, 3.05) is 44.7 Å². The molecule has 2 aliphatic rings. The molecule has 9 heteroatoms. The van der Waals surface area contributed by atoms with Crippen LogP contribution >= 0.6 is 35.7 Å². The average molecular weight is 522 g/mol. The molecule has 2 heterocycles. The molecule has 1 aromatic heterocycles. The summed E-state index contributed by atoms with van der Waals surface area (Å²) in [5.41, 5.74) is 0.255. The molecule has 0 bridgehead atoms. The maximum atomic E-state index is 5.12. The van der Waals surface area contributed by atoms with E-state index in [1.54, 1.807) is 6.33 Å². The molecule has 1 aliphatic carbocycles. The molecule has 0 aromatic carbocycles. The SMILES string of the molecule is CCNC(=NCC1(N2CCSCC2)CCCCC1)N(C)Cc1ncnn1C.I. The van der Waals surface area contributed by atoms with Gasteiger partial charge in [0.1, 0.15) is 12.2 Å². The number of aryl methyl sites for hydroxylation is 1. The Morgan fingerprint density at radius 3 is 2.61 bits per heavy atom. The third-order valence-electron chi connectivity index (χ3n) is 5.87. The van der Waals surface area contributed by atoms with Gasteiger partial charge in [-0.1, -0.05) is 19.3 Å². The predicted octanol–water partition coefficient (Wildman–Crippen LogP) is 2.58. The molecule has 1 saturated heterocycles. The first-order chi connectivity index (χ1) is 13.1. The molecular weight excluding hydrogens is 485 g/mol. The van der Waals surface area contributed by atoms with Crippen molar-refractivity contribution in [3.05, 3.63) is 12.2 Å². The Hall–Kier alpha value is -0.550. The fourth-order valence-electron chi connectivity index (χ4n) is 4.26. The van der Waals surface area contributed by atoms with Crippen LogP contribution in [0.1, 0.15) is 44.9 Å². The number of aromatic nitrogens is 3. The summed E-state index contributed by atoms with van der Waals surface area (Å²) in [5, 5.41) is 7.65. The standard InChI is InChI=1S/C19H35N7S.HI/c1-4-20-18(24(2)14-17-22-16-23-25(17)3)21-15-19(8-6-5-7-9-19)26-10-12-27-13-11-26;/h16H,4-15H2,1-3H3,(H,20,21);1H. The quantitative estimate of drug-likeness (QED) is 0.353. The highest BCUT2D eigenvalue weighted by atomic mass is 127. The zero-order valence-electron chi connectivity index (χ0n) is 17.6. The lowest BCUT2D eigenvalue weighted by atomic mass is 9.80. The van der Waals surface area contributed by atoms with Gasteiger partial charge in [-0.15, -0.1) is 24.0 Å². The van der Waals surface area contributed by atoms with Gasteiger partial charge in [0, 0.05) is 50.8 Å². The highest BCUT2D eigenvalue weighted by molar-refractivity contribution is 14.0. The van der Waals surface area contributed by atoms with Crippen molar-refractivity contribution in [3.63, 3.8) is 0 Å². The second-order valence-electron chi connectivity index (χ2n) is 7.71. The van der Waals surface area contributed by atoms with Crippen molar-refractivity contribution in [2.24, 2.45) is 12.0 Å². The summed E-state index contributed by atoms with van der Waals surface area (Å²) in [6.07, 6.45) is 8.23. The van der Waals surface area contributed by atoms with Crippen molar-refractivity contribution in [1.29, 1.82) is 0 Å². The molecule has 1 aliphatic heterocycles. The van der Waals surface area contributed by atoms with Crippen molar-refractivity contribution in [3.8, 4) is 0 Å². The zero-order chi connectivity index (χ0) is 19.1. The molecular formula is C19H36IN7S. The smallest absolute Gasteiger partial charge is 0.194 e. The van der Waals surface area contributed by atoms with E-state index in [0.717, 1.165) is 24.9 Å². The van der Waals surface area contributed by atoms with Crippen LogP contribution in [0, 0.1) is 0 Å². The molecule has 0 atom stereocenters. The fourth-order valence-corrected chi connectivity index (χ4v) is 5.17. The molecule has 28 heavy (non-hydrogen) atoms. The molecule has 1 N–H and O–H groups in total. The number of halogens is 1. The molecule has 2 fully saturated rings. The molecule has 160 valence electrons. The number of guanidine groups is 1. The van der Waals surface area contributed by atoms with Crippen LogP contribution in [0.4, 0.5) is 0 Å². The van der Waals surface area contributed by atoms with Gasteiger partial charge in [-0.2, -0.15) is 16.9 Å². The molecule has 3 rings (SSSR count). The fraction of sp³-hybridized carbons (Fsp3) is 0.842. The van der Waals surface area contributed by atoms with Crippen LogP contribution in [-0.4, -0.2) is 80.8 Å². The first-order valence-electron chi connectivity index (χ1n) is 10.3. The van der Waals surface area contributed by atoms with Crippen LogP contribution in [-0.2, 0) is 13.6 Å². The Kier molecular flexibility index (Phi) is 9.82. The van der Waals surface area contributed by atoms with Crippen LogP contribution in [0.3, 0.4) is 0 Å². The summed E-state index contributed by atoms with van der Waals surface area (Å²) in [7, 11) is 4.02. The van der Waals surface area contributed by atoms with Gasteiger partial charge in [0.05, 0.1) is 13.1 Å². The van der Waals surface area contributed by atoms with E-state index < -0.39 is 0 Å². The lowest BCUT2D eigenvalue weighted by molar-refractivity contribution is 0.0670. The Labute approximate surface area is 191 Å². The lowest BCUT2D eigenvalue weighted by Gasteiger charge is -2.47. The summed E-state index contributed by atoms with van der Waals surface area (Å²) < 4.78 is 1.83. The molecule has 0 spiro atoms. The lowest BCUT2D eigenvalue weighted by Crippen LogP contribution is -2.55. The normalized spacial score (nSPS) is 20.5. The number of rotatable bonds is 6. The summed E-state index contributed by atoms with van der Waals surface area (Å²) in [6, 6.07) is 0. The number of thioether (sulfide) groups is 1. The van der Waals surface area contributed by atoms with E-state index in [0.29, 0.717) is 6.54 Å². The van der Waals surface area contributed by atoms with Crippen LogP contribution < -0.4 is 5.32 Å². The topological polar surface area (TPSA) is 61.6 Å². The van der Waals surface area contributed by atoms with Gasteiger partial charge in [0.2, 0.25) is 0 Å². The third-order valence-corrected chi connectivity index (χ3v) is 6.81. The molecule has 1 aromatic rings. The van der Waals surface area contributed by atoms with E-state index in [1.165, 1.54) is 56.7 Å². The minimum absolute atomic E-state index is 0. The molecule has 1 saturated carbocycles. The van der Waals surface area contributed by atoms with Gasteiger partial charge >= 0.3 is 0 Å². The number of hydrogen-bond acceptors (Lipinski definition) is 5. The van der Waals surface area contributed by atoms with Gasteiger partial charge in [-0.3, -0.25) is 14.6 Å². The molecule has 0 radical (unpaired) electrons. The number of nitrogens with zero attached hydrogens (tertiary/aromatic N) is 6. The van der Waals surface area contributed by atoms with Crippen LogP contribution in [0.15, 0.2) is 11.3 Å². The first kappa shape index (κ1) is 23.7. The number of nitrogens with one attached hydrogen (secondary N) is 1. The molecule has 0 unspecified atom stereocenters. The van der Waals surface area contributed by atoms with Gasteiger partial charge in [-0.25, -0.2) is 4.98 Å². The van der Waals surface area contributed by atoms with E-state index in [2.05, 4.69) is 50.9 Å². The average Bonchev–Trinajstić information content (AvgIpc) is 3.11. The predicted molar refractivity (Wildman–Crippen MR) is 129 cm³/mol.